The molecule has 0 aliphatic carbocycles. The highest BCUT2D eigenvalue weighted by Gasteiger charge is 2.35. The second-order valence-electron chi connectivity index (χ2n) is 5.67. The fourth-order valence-electron chi connectivity index (χ4n) is 3.13. The van der Waals surface area contributed by atoms with Gasteiger partial charge < -0.3 is 14.8 Å². The Bertz CT molecular complexity index is 439. The van der Waals surface area contributed by atoms with Gasteiger partial charge in [-0.05, 0) is 26.5 Å². The van der Waals surface area contributed by atoms with Gasteiger partial charge >= 0.3 is 0 Å². The number of nitrogens with zero attached hydrogens (tertiary/aromatic N) is 1. The third-order valence-corrected chi connectivity index (χ3v) is 4.50. The minimum Gasteiger partial charge on any atom is -0.492 e. The van der Waals surface area contributed by atoms with E-state index in [2.05, 4.69) is 42.3 Å². The summed E-state index contributed by atoms with van der Waals surface area (Å²) in [5.41, 5.74) is 1.25. The molecular formula is C17H28N2O2. The van der Waals surface area contributed by atoms with Gasteiger partial charge in [-0.3, -0.25) is 4.90 Å². The van der Waals surface area contributed by atoms with Crippen molar-refractivity contribution >= 4 is 0 Å². The predicted molar refractivity (Wildman–Crippen MR) is 85.9 cm³/mol. The van der Waals surface area contributed by atoms with E-state index >= 15 is 0 Å². The van der Waals surface area contributed by atoms with Crippen LogP contribution in [0.2, 0.25) is 0 Å². The van der Waals surface area contributed by atoms with Crippen molar-refractivity contribution in [3.05, 3.63) is 29.8 Å². The average Bonchev–Trinajstić information content (AvgIpc) is 2.54. The third kappa shape index (κ3) is 3.57. The Morgan fingerprint density at radius 3 is 2.86 bits per heavy atom. The lowest BCUT2D eigenvalue weighted by molar-refractivity contribution is 0.0361. The highest BCUT2D eigenvalue weighted by atomic mass is 16.5. The molecule has 2 rings (SSSR count). The molecule has 3 unspecified atom stereocenters. The molecule has 1 N–H and O–H groups in total. The van der Waals surface area contributed by atoms with Crippen LogP contribution in [-0.2, 0) is 4.74 Å². The molecule has 1 aromatic rings. The van der Waals surface area contributed by atoms with Gasteiger partial charge in [0.15, 0.2) is 0 Å². The summed E-state index contributed by atoms with van der Waals surface area (Å²) < 4.78 is 11.3. The number of ether oxygens (including phenoxy) is 2. The van der Waals surface area contributed by atoms with Crippen LogP contribution in [0.5, 0.6) is 5.75 Å². The van der Waals surface area contributed by atoms with Crippen molar-refractivity contribution in [2.45, 2.75) is 38.4 Å². The molecule has 1 aliphatic heterocycles. The van der Waals surface area contributed by atoms with Crippen LogP contribution in [0.3, 0.4) is 0 Å². The van der Waals surface area contributed by atoms with E-state index in [-0.39, 0.29) is 0 Å². The molecule has 0 saturated heterocycles. The maximum atomic E-state index is 6.00. The van der Waals surface area contributed by atoms with E-state index < -0.39 is 0 Å². The van der Waals surface area contributed by atoms with Crippen LogP contribution in [-0.4, -0.2) is 50.9 Å². The predicted octanol–water partition coefficient (Wildman–Crippen LogP) is 2.46. The van der Waals surface area contributed by atoms with E-state index in [1.165, 1.54) is 5.56 Å². The number of para-hydroxylation sites is 1. The molecule has 0 aromatic heterocycles. The normalized spacial score (nSPS) is 22.7. The molecule has 0 fully saturated rings. The lowest BCUT2D eigenvalue weighted by Crippen LogP contribution is -2.53. The maximum Gasteiger partial charge on any atom is 0.124 e. The SMILES string of the molecule is CCC(C)N(CCOC)C1COc2ccccc2C1NC. The largest absolute Gasteiger partial charge is 0.492 e. The Labute approximate surface area is 128 Å². The fraction of sp³-hybridized carbons (Fsp3) is 0.647. The molecule has 1 aliphatic rings. The van der Waals surface area contributed by atoms with E-state index in [4.69, 9.17) is 9.47 Å². The summed E-state index contributed by atoms with van der Waals surface area (Å²) in [7, 11) is 3.79. The van der Waals surface area contributed by atoms with E-state index in [0.29, 0.717) is 18.1 Å². The number of fused-ring (bicyclic) bond motifs is 1. The van der Waals surface area contributed by atoms with Crippen molar-refractivity contribution in [2.24, 2.45) is 0 Å². The zero-order chi connectivity index (χ0) is 15.2. The van der Waals surface area contributed by atoms with Crippen molar-refractivity contribution in [2.75, 3.05) is 33.9 Å². The van der Waals surface area contributed by atoms with Crippen molar-refractivity contribution in [3.63, 3.8) is 0 Å². The van der Waals surface area contributed by atoms with Crippen molar-refractivity contribution in [1.29, 1.82) is 0 Å². The first-order valence-corrected chi connectivity index (χ1v) is 7.86. The Morgan fingerprint density at radius 2 is 2.19 bits per heavy atom. The molecular weight excluding hydrogens is 264 g/mol. The Morgan fingerprint density at radius 1 is 1.43 bits per heavy atom. The second-order valence-corrected chi connectivity index (χ2v) is 5.67. The van der Waals surface area contributed by atoms with Crippen molar-refractivity contribution < 1.29 is 9.47 Å². The van der Waals surface area contributed by atoms with Crippen LogP contribution in [0, 0.1) is 0 Å². The summed E-state index contributed by atoms with van der Waals surface area (Å²) in [6.07, 6.45) is 1.12. The minimum atomic E-state index is 0.292. The van der Waals surface area contributed by atoms with Gasteiger partial charge in [-0.1, -0.05) is 25.1 Å². The maximum absolute atomic E-state index is 6.00. The molecule has 0 radical (unpaired) electrons. The Kier molecular flexibility index (Phi) is 6.03. The number of methoxy groups -OCH3 is 1. The monoisotopic (exact) mass is 292 g/mol. The van der Waals surface area contributed by atoms with Gasteiger partial charge in [-0.25, -0.2) is 0 Å². The van der Waals surface area contributed by atoms with Gasteiger partial charge in [0.2, 0.25) is 0 Å². The first kappa shape index (κ1) is 16.3. The Hall–Kier alpha value is -1.10. The first-order chi connectivity index (χ1) is 10.2. The number of hydrogen-bond acceptors (Lipinski definition) is 4. The molecule has 3 atom stereocenters. The number of nitrogens with one attached hydrogen (secondary N) is 1. The second kappa shape index (κ2) is 7.78. The molecule has 4 nitrogen and oxygen atoms in total. The highest BCUT2D eigenvalue weighted by molar-refractivity contribution is 5.38. The molecule has 4 heteroatoms. The van der Waals surface area contributed by atoms with E-state index in [0.717, 1.165) is 31.9 Å². The van der Waals surface area contributed by atoms with E-state index in [1.807, 2.05) is 13.1 Å². The van der Waals surface area contributed by atoms with Crippen LogP contribution in [0.15, 0.2) is 24.3 Å². The number of benzene rings is 1. The van der Waals surface area contributed by atoms with Crippen LogP contribution in [0.25, 0.3) is 0 Å². The quantitative estimate of drug-likeness (QED) is 0.837. The molecule has 1 aromatic carbocycles. The van der Waals surface area contributed by atoms with Gasteiger partial charge in [-0.2, -0.15) is 0 Å². The number of likely N-dealkylation sites (N-methyl/N-ethyl adjacent to an activating group) is 1. The summed E-state index contributed by atoms with van der Waals surface area (Å²) >= 11 is 0. The number of hydrogen-bond donors (Lipinski definition) is 1. The molecule has 1 heterocycles. The molecule has 0 saturated carbocycles. The summed E-state index contributed by atoms with van der Waals surface area (Å²) in [5.74, 6) is 1.00. The van der Waals surface area contributed by atoms with Crippen LogP contribution >= 0.6 is 0 Å². The highest BCUT2D eigenvalue weighted by Crippen LogP contribution is 2.34. The summed E-state index contributed by atoms with van der Waals surface area (Å²) in [6.45, 7) is 6.91. The van der Waals surface area contributed by atoms with Gasteiger partial charge in [0, 0.05) is 25.3 Å². The standard InChI is InChI=1S/C17H28N2O2/c1-5-13(2)19(10-11-20-4)15-12-21-16-9-7-6-8-14(16)17(15)18-3/h6-9,13,15,17-18H,5,10-12H2,1-4H3. The zero-order valence-corrected chi connectivity index (χ0v) is 13.6. The van der Waals surface area contributed by atoms with Crippen molar-refractivity contribution in [3.8, 4) is 5.75 Å². The van der Waals surface area contributed by atoms with Crippen LogP contribution in [0.4, 0.5) is 0 Å². The van der Waals surface area contributed by atoms with E-state index in [9.17, 15) is 0 Å². The van der Waals surface area contributed by atoms with Crippen LogP contribution < -0.4 is 10.1 Å². The lowest BCUT2D eigenvalue weighted by Gasteiger charge is -2.43. The molecule has 118 valence electrons. The van der Waals surface area contributed by atoms with Crippen LogP contribution in [0.1, 0.15) is 31.9 Å². The summed E-state index contributed by atoms with van der Waals surface area (Å²) in [5, 5.41) is 3.48. The smallest absolute Gasteiger partial charge is 0.124 e. The lowest BCUT2D eigenvalue weighted by atomic mass is 9.94. The zero-order valence-electron chi connectivity index (χ0n) is 13.6. The van der Waals surface area contributed by atoms with Gasteiger partial charge in [0.25, 0.3) is 0 Å². The van der Waals surface area contributed by atoms with Gasteiger partial charge in [0.05, 0.1) is 18.7 Å². The third-order valence-electron chi connectivity index (χ3n) is 4.50. The van der Waals surface area contributed by atoms with Crippen molar-refractivity contribution in [1.82, 2.24) is 10.2 Å². The first-order valence-electron chi connectivity index (χ1n) is 7.86. The minimum absolute atomic E-state index is 0.292. The topological polar surface area (TPSA) is 33.7 Å². The summed E-state index contributed by atoms with van der Waals surface area (Å²) in [6, 6.07) is 9.46. The average molecular weight is 292 g/mol. The number of rotatable bonds is 7. The Balaban J connectivity index is 2.24. The summed E-state index contributed by atoms with van der Waals surface area (Å²) in [4.78, 5) is 2.51. The fourth-order valence-corrected chi connectivity index (χ4v) is 3.13. The van der Waals surface area contributed by atoms with Gasteiger partial charge in [0.1, 0.15) is 12.4 Å². The molecule has 0 bridgehead atoms. The molecule has 21 heavy (non-hydrogen) atoms. The van der Waals surface area contributed by atoms with E-state index in [1.54, 1.807) is 7.11 Å². The molecule has 0 spiro atoms. The van der Waals surface area contributed by atoms with Gasteiger partial charge in [-0.15, -0.1) is 0 Å². The molecule has 0 amide bonds.